The Labute approximate surface area is 200 Å². The van der Waals surface area contributed by atoms with Gasteiger partial charge in [0.05, 0.1) is 29.2 Å². The highest BCUT2D eigenvalue weighted by Gasteiger charge is 2.24. The summed E-state index contributed by atoms with van der Waals surface area (Å²) in [6.07, 6.45) is 8.08. The van der Waals surface area contributed by atoms with Gasteiger partial charge in [-0.15, -0.1) is 0 Å². The van der Waals surface area contributed by atoms with Gasteiger partial charge in [-0.3, -0.25) is 9.13 Å². The largest absolute Gasteiger partial charge is 0.374 e. The van der Waals surface area contributed by atoms with Gasteiger partial charge in [-0.05, 0) is 82.7 Å². The Balaban J connectivity index is 1.72. The van der Waals surface area contributed by atoms with E-state index in [1.165, 1.54) is 25.0 Å². The van der Waals surface area contributed by atoms with Crippen LogP contribution in [0.15, 0.2) is 47.5 Å². The quantitative estimate of drug-likeness (QED) is 0.502. The molecule has 3 aromatic rings. The molecule has 182 valence electrons. The van der Waals surface area contributed by atoms with Crippen molar-refractivity contribution in [2.24, 2.45) is 5.92 Å². The zero-order valence-electron chi connectivity index (χ0n) is 20.4. The highest BCUT2D eigenvalue weighted by molar-refractivity contribution is 5.59. The third-order valence-corrected chi connectivity index (χ3v) is 6.39. The zero-order chi connectivity index (χ0) is 24.3. The first-order valence-corrected chi connectivity index (χ1v) is 12.1. The molecule has 1 aliphatic rings. The fourth-order valence-corrected chi connectivity index (χ4v) is 4.63. The third kappa shape index (κ3) is 5.55. The van der Waals surface area contributed by atoms with Crippen molar-refractivity contribution in [2.45, 2.75) is 71.6 Å². The molecule has 0 aliphatic heterocycles. The number of halogens is 1. The second-order valence-electron chi connectivity index (χ2n) is 9.80. The number of nitrogens with one attached hydrogen (secondary N) is 1. The van der Waals surface area contributed by atoms with Gasteiger partial charge in [-0.1, -0.05) is 6.92 Å². The average molecular weight is 468 g/mol. The van der Waals surface area contributed by atoms with E-state index in [-0.39, 0.29) is 11.5 Å². The molecule has 0 saturated heterocycles. The van der Waals surface area contributed by atoms with E-state index < -0.39 is 5.60 Å². The Morgan fingerprint density at radius 3 is 2.53 bits per heavy atom. The molecule has 2 heterocycles. The van der Waals surface area contributed by atoms with Crippen molar-refractivity contribution in [1.29, 1.82) is 0 Å². The van der Waals surface area contributed by atoms with Gasteiger partial charge in [0.25, 0.3) is 0 Å². The van der Waals surface area contributed by atoms with Gasteiger partial charge in [0.1, 0.15) is 5.82 Å². The second kappa shape index (κ2) is 10.1. The van der Waals surface area contributed by atoms with Crippen LogP contribution in [0, 0.1) is 11.7 Å². The Morgan fingerprint density at radius 2 is 1.85 bits per heavy atom. The molecule has 1 fully saturated rings. The smallest absolute Gasteiger partial charge is 0.333 e. The van der Waals surface area contributed by atoms with Crippen LogP contribution in [-0.2, 0) is 11.3 Å². The summed E-state index contributed by atoms with van der Waals surface area (Å²) >= 11 is 0. The van der Waals surface area contributed by atoms with E-state index in [1.54, 1.807) is 39.7 Å². The van der Waals surface area contributed by atoms with Gasteiger partial charge in [0.15, 0.2) is 0 Å². The molecule has 4 rings (SSSR count). The first-order chi connectivity index (χ1) is 16.3. The standard InChI is InChI=1S/C26H34FN5O2/c1-5-34-26(3,4)17-31-16-23(32(25(31)33)21-12-8-19(27)9-13-21)22-14-15-28-24(30-22)29-20-10-6-18(2)7-11-20/h8-9,12-16,18,20H,5-7,10-11,17H2,1-4H3,(H,28,29,30). The lowest BCUT2D eigenvalue weighted by Gasteiger charge is -2.26. The fraction of sp³-hybridized carbons (Fsp3) is 0.500. The maximum Gasteiger partial charge on any atom is 0.333 e. The van der Waals surface area contributed by atoms with Crippen molar-refractivity contribution in [3.63, 3.8) is 0 Å². The summed E-state index contributed by atoms with van der Waals surface area (Å²) < 4.78 is 22.6. The maximum absolute atomic E-state index is 13.6. The molecule has 0 radical (unpaired) electrons. The summed E-state index contributed by atoms with van der Waals surface area (Å²) in [6, 6.07) is 8.04. The number of anilines is 1. The molecule has 2 aromatic heterocycles. The predicted molar refractivity (Wildman–Crippen MR) is 132 cm³/mol. The van der Waals surface area contributed by atoms with Crippen molar-refractivity contribution in [3.8, 4) is 17.1 Å². The number of imidazole rings is 1. The number of nitrogens with zero attached hydrogens (tertiary/aromatic N) is 4. The number of aromatic nitrogens is 4. The number of rotatable bonds is 8. The minimum Gasteiger partial charge on any atom is -0.374 e. The third-order valence-electron chi connectivity index (χ3n) is 6.39. The highest BCUT2D eigenvalue weighted by Crippen LogP contribution is 2.26. The average Bonchev–Trinajstić information content (AvgIpc) is 3.11. The molecular formula is C26H34FN5O2. The van der Waals surface area contributed by atoms with Crippen LogP contribution in [0.1, 0.15) is 53.4 Å². The van der Waals surface area contributed by atoms with Crippen LogP contribution in [0.25, 0.3) is 17.1 Å². The molecule has 0 bridgehead atoms. The molecule has 34 heavy (non-hydrogen) atoms. The second-order valence-corrected chi connectivity index (χ2v) is 9.80. The lowest BCUT2D eigenvalue weighted by atomic mass is 9.87. The summed E-state index contributed by atoms with van der Waals surface area (Å²) in [5.74, 6) is 0.958. The minimum atomic E-state index is -0.526. The minimum absolute atomic E-state index is 0.233. The van der Waals surface area contributed by atoms with Crippen molar-refractivity contribution in [1.82, 2.24) is 19.1 Å². The Hall–Kier alpha value is -3.00. The lowest BCUT2D eigenvalue weighted by Crippen LogP contribution is -2.35. The summed E-state index contributed by atoms with van der Waals surface area (Å²) in [6.45, 7) is 9.05. The molecule has 1 saturated carbocycles. The first-order valence-electron chi connectivity index (χ1n) is 12.1. The van der Waals surface area contributed by atoms with Crippen LogP contribution in [0.5, 0.6) is 0 Å². The van der Waals surface area contributed by atoms with E-state index in [0.29, 0.717) is 42.2 Å². The number of hydrogen-bond donors (Lipinski definition) is 1. The van der Waals surface area contributed by atoms with Crippen LogP contribution in [0.2, 0.25) is 0 Å². The molecule has 0 spiro atoms. The predicted octanol–water partition coefficient (Wildman–Crippen LogP) is 5.04. The Bertz CT molecular complexity index is 1160. The summed E-state index contributed by atoms with van der Waals surface area (Å²) in [5, 5.41) is 3.47. The van der Waals surface area contributed by atoms with Gasteiger partial charge < -0.3 is 10.1 Å². The van der Waals surface area contributed by atoms with Gasteiger partial charge >= 0.3 is 5.69 Å². The molecule has 0 amide bonds. The first kappa shape index (κ1) is 24.1. The van der Waals surface area contributed by atoms with Crippen LogP contribution in [0.4, 0.5) is 10.3 Å². The fourth-order valence-electron chi connectivity index (χ4n) is 4.63. The lowest BCUT2D eigenvalue weighted by molar-refractivity contribution is -0.0230. The normalized spacial score (nSPS) is 18.7. The topological polar surface area (TPSA) is 74.0 Å². The van der Waals surface area contributed by atoms with E-state index in [4.69, 9.17) is 9.72 Å². The zero-order valence-corrected chi connectivity index (χ0v) is 20.4. The summed E-state index contributed by atoms with van der Waals surface area (Å²) in [4.78, 5) is 22.6. The van der Waals surface area contributed by atoms with E-state index in [9.17, 15) is 9.18 Å². The van der Waals surface area contributed by atoms with E-state index in [1.807, 2.05) is 20.8 Å². The molecule has 7 nitrogen and oxygen atoms in total. The van der Waals surface area contributed by atoms with Gasteiger partial charge in [-0.25, -0.2) is 19.2 Å². The highest BCUT2D eigenvalue weighted by atomic mass is 19.1. The van der Waals surface area contributed by atoms with Crippen LogP contribution >= 0.6 is 0 Å². The van der Waals surface area contributed by atoms with Gasteiger partial charge in [0, 0.05) is 25.0 Å². The molecule has 0 atom stereocenters. The van der Waals surface area contributed by atoms with Crippen LogP contribution in [0.3, 0.4) is 0 Å². The number of benzene rings is 1. The van der Waals surface area contributed by atoms with Gasteiger partial charge in [0.2, 0.25) is 5.95 Å². The molecule has 8 heteroatoms. The Morgan fingerprint density at radius 1 is 1.15 bits per heavy atom. The maximum atomic E-state index is 13.6. The molecule has 1 N–H and O–H groups in total. The Kier molecular flexibility index (Phi) is 7.16. The SMILES string of the molecule is CCOC(C)(C)Cn1cc(-c2ccnc(NC3CCC(C)CC3)n2)n(-c2ccc(F)cc2)c1=O. The monoisotopic (exact) mass is 467 g/mol. The molecule has 0 unspecified atom stereocenters. The number of ether oxygens (including phenoxy) is 1. The van der Waals surface area contributed by atoms with Crippen LogP contribution < -0.4 is 11.0 Å². The van der Waals surface area contributed by atoms with Gasteiger partial charge in [-0.2, -0.15) is 0 Å². The van der Waals surface area contributed by atoms with E-state index in [0.717, 1.165) is 18.8 Å². The van der Waals surface area contributed by atoms with E-state index in [2.05, 4.69) is 17.2 Å². The van der Waals surface area contributed by atoms with Crippen molar-refractivity contribution in [2.75, 3.05) is 11.9 Å². The van der Waals surface area contributed by atoms with E-state index >= 15 is 0 Å². The molecular weight excluding hydrogens is 433 g/mol. The van der Waals surface area contributed by atoms with Crippen molar-refractivity contribution < 1.29 is 9.13 Å². The summed E-state index contributed by atoms with van der Waals surface area (Å²) in [5.41, 5.74) is 1.05. The summed E-state index contributed by atoms with van der Waals surface area (Å²) in [7, 11) is 0. The van der Waals surface area contributed by atoms with Crippen molar-refractivity contribution >= 4 is 5.95 Å². The van der Waals surface area contributed by atoms with Crippen molar-refractivity contribution in [3.05, 3.63) is 59.0 Å². The molecule has 1 aliphatic carbocycles. The molecule has 1 aromatic carbocycles. The van der Waals surface area contributed by atoms with Crippen LogP contribution in [-0.4, -0.2) is 37.4 Å². The number of hydrogen-bond acceptors (Lipinski definition) is 5.